The van der Waals surface area contributed by atoms with Crippen LogP contribution in [0.3, 0.4) is 0 Å². The molecule has 1 aromatic heterocycles. The first kappa shape index (κ1) is 16.4. The number of hydrogen-bond donors (Lipinski definition) is 2. The van der Waals surface area contributed by atoms with Gasteiger partial charge in [-0.25, -0.2) is 9.78 Å². The van der Waals surface area contributed by atoms with E-state index in [9.17, 15) is 14.7 Å². The summed E-state index contributed by atoms with van der Waals surface area (Å²) in [6.45, 7) is 7.76. The van der Waals surface area contributed by atoms with Gasteiger partial charge in [0.15, 0.2) is 0 Å². The predicted molar refractivity (Wildman–Crippen MR) is 80.6 cm³/mol. The largest absolute Gasteiger partial charge is 0.479 e. The van der Waals surface area contributed by atoms with E-state index in [1.165, 1.54) is 0 Å². The Morgan fingerprint density at radius 3 is 2.64 bits per heavy atom. The molecular formula is C16H22N2O4. The summed E-state index contributed by atoms with van der Waals surface area (Å²) in [6, 6.07) is 5.07. The molecule has 2 rings (SSSR count). The summed E-state index contributed by atoms with van der Waals surface area (Å²) in [4.78, 5) is 28.3. The summed E-state index contributed by atoms with van der Waals surface area (Å²) in [5.74, 6) is -1.52. The van der Waals surface area contributed by atoms with E-state index >= 15 is 0 Å². The van der Waals surface area contributed by atoms with Crippen LogP contribution < -0.4 is 5.32 Å². The van der Waals surface area contributed by atoms with Crippen LogP contribution in [0.4, 0.5) is 0 Å². The Morgan fingerprint density at radius 2 is 2.14 bits per heavy atom. The van der Waals surface area contributed by atoms with Crippen LogP contribution in [0.1, 0.15) is 43.4 Å². The molecule has 1 aromatic rings. The van der Waals surface area contributed by atoms with Crippen molar-refractivity contribution in [3.05, 3.63) is 29.6 Å². The van der Waals surface area contributed by atoms with Gasteiger partial charge in [0.1, 0.15) is 11.2 Å². The zero-order chi connectivity index (χ0) is 16.5. The first-order valence-electron chi connectivity index (χ1n) is 7.36. The van der Waals surface area contributed by atoms with E-state index in [0.717, 1.165) is 0 Å². The standard InChI is InChI=1S/C16H22N2O4/c1-5-22-12-9-16(14(20)21,15(12,3)4)18-13(19)11-8-6-7-10(2)17-11/h6-8,12H,5,9H2,1-4H3,(H,18,19)(H,20,21)/t12-,16+/m0/s1. The van der Waals surface area contributed by atoms with Gasteiger partial charge in [-0.1, -0.05) is 19.9 Å². The molecule has 6 nitrogen and oxygen atoms in total. The van der Waals surface area contributed by atoms with Gasteiger partial charge in [0.25, 0.3) is 5.91 Å². The van der Waals surface area contributed by atoms with Crippen molar-refractivity contribution in [2.75, 3.05) is 6.61 Å². The summed E-state index contributed by atoms with van der Waals surface area (Å²) in [5.41, 5.74) is -1.11. The number of carboxylic acid groups (broad SMARTS) is 1. The topological polar surface area (TPSA) is 88.5 Å². The fourth-order valence-electron chi connectivity index (χ4n) is 2.96. The molecule has 0 saturated heterocycles. The zero-order valence-corrected chi connectivity index (χ0v) is 13.3. The molecule has 22 heavy (non-hydrogen) atoms. The van der Waals surface area contributed by atoms with Crippen molar-refractivity contribution in [2.45, 2.75) is 45.8 Å². The van der Waals surface area contributed by atoms with Crippen LogP contribution >= 0.6 is 0 Å². The van der Waals surface area contributed by atoms with Crippen molar-refractivity contribution in [3.63, 3.8) is 0 Å². The molecule has 1 heterocycles. The molecule has 2 atom stereocenters. The maximum absolute atomic E-state index is 12.4. The number of amides is 1. The van der Waals surface area contributed by atoms with Crippen molar-refractivity contribution in [2.24, 2.45) is 5.41 Å². The highest BCUT2D eigenvalue weighted by Gasteiger charge is 2.66. The van der Waals surface area contributed by atoms with Crippen molar-refractivity contribution in [1.29, 1.82) is 0 Å². The minimum atomic E-state index is -1.34. The Hall–Kier alpha value is -1.95. The monoisotopic (exact) mass is 306 g/mol. The summed E-state index contributed by atoms with van der Waals surface area (Å²) in [5, 5.41) is 12.3. The fraction of sp³-hybridized carbons (Fsp3) is 0.562. The van der Waals surface area contributed by atoms with Crippen molar-refractivity contribution < 1.29 is 19.4 Å². The molecule has 0 unspecified atom stereocenters. The lowest BCUT2D eigenvalue weighted by Gasteiger charge is -2.58. The maximum atomic E-state index is 12.4. The first-order valence-corrected chi connectivity index (χ1v) is 7.36. The second kappa shape index (κ2) is 5.68. The van der Waals surface area contributed by atoms with Crippen LogP contribution in [0.15, 0.2) is 18.2 Å². The highest BCUT2D eigenvalue weighted by atomic mass is 16.5. The molecule has 1 saturated carbocycles. The molecular weight excluding hydrogens is 284 g/mol. The third kappa shape index (κ3) is 2.47. The number of carbonyl (C=O) groups excluding carboxylic acids is 1. The smallest absolute Gasteiger partial charge is 0.330 e. The molecule has 0 spiro atoms. The van der Waals surface area contributed by atoms with Crippen LogP contribution in [-0.4, -0.2) is 40.2 Å². The van der Waals surface area contributed by atoms with Gasteiger partial charge in [0.2, 0.25) is 0 Å². The average molecular weight is 306 g/mol. The number of aryl methyl sites for hydroxylation is 1. The van der Waals surface area contributed by atoms with Crippen LogP contribution in [0.5, 0.6) is 0 Å². The molecule has 0 aromatic carbocycles. The van der Waals surface area contributed by atoms with E-state index in [4.69, 9.17) is 4.74 Å². The maximum Gasteiger partial charge on any atom is 0.330 e. The molecule has 1 fully saturated rings. The van der Waals surface area contributed by atoms with Crippen molar-refractivity contribution >= 4 is 11.9 Å². The number of nitrogens with one attached hydrogen (secondary N) is 1. The third-order valence-corrected chi connectivity index (χ3v) is 4.58. The number of hydrogen-bond acceptors (Lipinski definition) is 4. The molecule has 0 aliphatic heterocycles. The summed E-state index contributed by atoms with van der Waals surface area (Å²) < 4.78 is 5.57. The van der Waals surface area contributed by atoms with Crippen LogP contribution in [0, 0.1) is 12.3 Å². The number of rotatable bonds is 5. The summed E-state index contributed by atoms with van der Waals surface area (Å²) >= 11 is 0. The van der Waals surface area contributed by atoms with E-state index in [1.807, 2.05) is 6.92 Å². The Kier molecular flexibility index (Phi) is 4.24. The summed E-state index contributed by atoms with van der Waals surface area (Å²) in [6.07, 6.45) is 0.0557. The Labute approximate surface area is 129 Å². The number of carboxylic acids is 1. The highest BCUT2D eigenvalue weighted by molar-refractivity contribution is 5.97. The van der Waals surface area contributed by atoms with Gasteiger partial charge in [-0.05, 0) is 26.0 Å². The minimum absolute atomic E-state index is 0.195. The van der Waals surface area contributed by atoms with Gasteiger partial charge < -0.3 is 15.2 Å². The highest BCUT2D eigenvalue weighted by Crippen LogP contribution is 2.51. The molecule has 2 N–H and O–H groups in total. The van der Waals surface area contributed by atoms with Crippen LogP contribution in [0.25, 0.3) is 0 Å². The van der Waals surface area contributed by atoms with Gasteiger partial charge in [0, 0.05) is 24.1 Å². The number of ether oxygens (including phenoxy) is 1. The number of nitrogens with zero attached hydrogens (tertiary/aromatic N) is 1. The Morgan fingerprint density at radius 1 is 1.45 bits per heavy atom. The molecule has 0 bridgehead atoms. The molecule has 0 radical (unpaired) electrons. The van der Waals surface area contributed by atoms with Crippen molar-refractivity contribution in [3.8, 4) is 0 Å². The number of pyridine rings is 1. The normalized spacial score (nSPS) is 26.1. The molecule has 1 amide bonds. The number of carbonyl (C=O) groups is 2. The van der Waals surface area contributed by atoms with Gasteiger partial charge in [-0.15, -0.1) is 0 Å². The van der Waals surface area contributed by atoms with Crippen molar-refractivity contribution in [1.82, 2.24) is 10.3 Å². The van der Waals surface area contributed by atoms with E-state index in [1.54, 1.807) is 39.0 Å². The van der Waals surface area contributed by atoms with E-state index in [0.29, 0.717) is 12.3 Å². The van der Waals surface area contributed by atoms with E-state index < -0.39 is 22.8 Å². The zero-order valence-electron chi connectivity index (χ0n) is 13.3. The van der Waals surface area contributed by atoms with Gasteiger partial charge in [-0.2, -0.15) is 0 Å². The average Bonchev–Trinajstić information content (AvgIpc) is 2.45. The SMILES string of the molecule is CCO[C@H]1C[C@@](NC(=O)c2cccc(C)n2)(C(=O)O)C1(C)C. The lowest BCUT2D eigenvalue weighted by atomic mass is 9.54. The van der Waals surface area contributed by atoms with Gasteiger partial charge in [0.05, 0.1) is 6.10 Å². The lowest BCUT2D eigenvalue weighted by Crippen LogP contribution is -2.76. The molecule has 120 valence electrons. The van der Waals surface area contributed by atoms with Gasteiger partial charge in [-0.3, -0.25) is 4.79 Å². The Bertz CT molecular complexity index is 600. The Balaban J connectivity index is 2.24. The molecule has 6 heteroatoms. The van der Waals surface area contributed by atoms with E-state index in [-0.39, 0.29) is 18.2 Å². The van der Waals surface area contributed by atoms with Gasteiger partial charge >= 0.3 is 5.97 Å². The molecule has 1 aliphatic rings. The fourth-order valence-corrected chi connectivity index (χ4v) is 2.96. The predicted octanol–water partition coefficient (Wildman–Crippen LogP) is 1.78. The second-order valence-corrected chi connectivity index (χ2v) is 6.20. The third-order valence-electron chi connectivity index (χ3n) is 4.58. The minimum Gasteiger partial charge on any atom is -0.479 e. The van der Waals surface area contributed by atoms with E-state index in [2.05, 4.69) is 10.3 Å². The summed E-state index contributed by atoms with van der Waals surface area (Å²) in [7, 11) is 0. The quantitative estimate of drug-likeness (QED) is 0.865. The first-order chi connectivity index (χ1) is 10.2. The number of aliphatic carboxylic acids is 1. The lowest BCUT2D eigenvalue weighted by molar-refractivity contribution is -0.190. The van der Waals surface area contributed by atoms with Crippen LogP contribution in [-0.2, 0) is 9.53 Å². The van der Waals surface area contributed by atoms with Crippen LogP contribution in [0.2, 0.25) is 0 Å². The molecule has 1 aliphatic carbocycles. The number of aromatic nitrogens is 1. The second-order valence-electron chi connectivity index (χ2n) is 6.20.